The third-order valence-electron chi connectivity index (χ3n) is 7.86. The second kappa shape index (κ2) is 6.39. The summed E-state index contributed by atoms with van der Waals surface area (Å²) in [6.07, 6.45) is 1.60. The molecule has 0 unspecified atom stereocenters. The lowest BCUT2D eigenvalue weighted by molar-refractivity contribution is -0.135. The molecular weight excluding hydrogens is 433 g/mol. The Morgan fingerprint density at radius 2 is 1.91 bits per heavy atom. The molecule has 0 aliphatic carbocycles. The Morgan fingerprint density at radius 1 is 1.12 bits per heavy atom. The molecule has 3 saturated heterocycles. The predicted molar refractivity (Wildman–Crippen MR) is 117 cm³/mol. The summed E-state index contributed by atoms with van der Waals surface area (Å²) in [4.78, 5) is 44.4. The highest BCUT2D eigenvalue weighted by Gasteiger charge is 2.74. The zero-order valence-corrected chi connectivity index (χ0v) is 18.4. The molecule has 1 N–H and O–H groups in total. The molecule has 6 nitrogen and oxygen atoms in total. The molecule has 4 atom stereocenters. The van der Waals surface area contributed by atoms with E-state index in [0.717, 1.165) is 46.2 Å². The van der Waals surface area contributed by atoms with Crippen LogP contribution in [-0.4, -0.2) is 35.2 Å². The quantitative estimate of drug-likeness (QED) is 0.671. The fourth-order valence-electron chi connectivity index (χ4n) is 6.40. The van der Waals surface area contributed by atoms with Crippen molar-refractivity contribution in [2.45, 2.75) is 38.3 Å². The first-order chi connectivity index (χ1) is 15.3. The van der Waals surface area contributed by atoms with Gasteiger partial charge >= 0.3 is 0 Å². The second-order valence-corrected chi connectivity index (χ2v) is 9.57. The van der Waals surface area contributed by atoms with Gasteiger partial charge in [0.25, 0.3) is 0 Å². The van der Waals surface area contributed by atoms with Gasteiger partial charge in [0, 0.05) is 17.3 Å². The van der Waals surface area contributed by atoms with Crippen LogP contribution in [-0.2, 0) is 19.9 Å². The van der Waals surface area contributed by atoms with Gasteiger partial charge in [0.1, 0.15) is 11.4 Å². The van der Waals surface area contributed by atoms with Crippen LogP contribution in [0.15, 0.2) is 30.3 Å². The second-order valence-electron chi connectivity index (χ2n) is 9.17. The minimum atomic E-state index is -1.22. The molecule has 2 aromatic carbocycles. The number of amides is 3. The van der Waals surface area contributed by atoms with Gasteiger partial charge in [0.05, 0.1) is 22.5 Å². The number of hydrogen-bond donors (Lipinski definition) is 1. The lowest BCUT2D eigenvalue weighted by atomic mass is 9.75. The van der Waals surface area contributed by atoms with Crippen molar-refractivity contribution in [1.82, 2.24) is 4.90 Å². The van der Waals surface area contributed by atoms with E-state index in [-0.39, 0.29) is 28.6 Å². The van der Waals surface area contributed by atoms with Crippen LogP contribution in [0.5, 0.6) is 0 Å². The number of rotatable bonds is 1. The smallest absolute Gasteiger partial charge is 0.250 e. The topological polar surface area (TPSA) is 69.7 Å². The fourth-order valence-corrected chi connectivity index (χ4v) is 6.57. The third-order valence-corrected chi connectivity index (χ3v) is 8.15. The van der Waals surface area contributed by atoms with E-state index < -0.39 is 29.1 Å². The van der Waals surface area contributed by atoms with Crippen molar-refractivity contribution < 1.29 is 18.8 Å². The molecule has 4 heterocycles. The average Bonchev–Trinajstić information content (AvgIpc) is 3.46. The normalized spacial score (nSPS) is 30.8. The van der Waals surface area contributed by atoms with Crippen molar-refractivity contribution in [3.05, 3.63) is 57.9 Å². The SMILES string of the molecule is Cc1ccc2c(c1C)NC(=O)[C@@]21[C@@H]2C(=O)N(c3ccc(F)c(Cl)c3)C(=O)[C@@H]2[C@H]2CCCN21. The molecule has 32 heavy (non-hydrogen) atoms. The lowest BCUT2D eigenvalue weighted by Gasteiger charge is -2.36. The highest BCUT2D eigenvalue weighted by molar-refractivity contribution is 6.32. The first-order valence-electron chi connectivity index (χ1n) is 10.8. The van der Waals surface area contributed by atoms with E-state index in [1.165, 1.54) is 12.1 Å². The van der Waals surface area contributed by atoms with Gasteiger partial charge in [-0.15, -0.1) is 0 Å². The predicted octanol–water partition coefficient (Wildman–Crippen LogP) is 3.53. The van der Waals surface area contributed by atoms with Gasteiger partial charge in [-0.1, -0.05) is 23.7 Å². The van der Waals surface area contributed by atoms with E-state index in [0.29, 0.717) is 6.54 Å². The number of hydrogen-bond acceptors (Lipinski definition) is 4. The summed E-state index contributed by atoms with van der Waals surface area (Å²) >= 11 is 5.94. The van der Waals surface area contributed by atoms with Crippen LogP contribution >= 0.6 is 11.6 Å². The van der Waals surface area contributed by atoms with Crippen LogP contribution in [0, 0.1) is 31.5 Å². The van der Waals surface area contributed by atoms with Gasteiger partial charge in [-0.25, -0.2) is 9.29 Å². The molecule has 4 aliphatic rings. The molecule has 0 aromatic heterocycles. The Hall–Kier alpha value is -2.77. The molecule has 3 amide bonds. The van der Waals surface area contributed by atoms with Crippen LogP contribution in [0.2, 0.25) is 5.02 Å². The highest BCUT2D eigenvalue weighted by Crippen LogP contribution is 2.61. The summed E-state index contributed by atoms with van der Waals surface area (Å²) in [5, 5.41) is 2.88. The summed E-state index contributed by atoms with van der Waals surface area (Å²) < 4.78 is 13.7. The molecule has 3 fully saturated rings. The zero-order valence-electron chi connectivity index (χ0n) is 17.6. The number of imide groups is 1. The van der Waals surface area contributed by atoms with Crippen molar-refractivity contribution in [1.29, 1.82) is 0 Å². The lowest BCUT2D eigenvalue weighted by Crippen LogP contribution is -2.54. The van der Waals surface area contributed by atoms with Crippen LogP contribution in [0.1, 0.15) is 29.5 Å². The summed E-state index contributed by atoms with van der Waals surface area (Å²) in [5.74, 6) is -3.12. The number of fused-ring (bicyclic) bond motifs is 7. The molecular formula is C24H21ClFN3O3. The van der Waals surface area contributed by atoms with E-state index in [4.69, 9.17) is 11.6 Å². The molecule has 8 heteroatoms. The number of aryl methyl sites for hydroxylation is 1. The Labute approximate surface area is 189 Å². The molecule has 1 spiro atoms. The van der Waals surface area contributed by atoms with Gasteiger partial charge in [-0.2, -0.15) is 0 Å². The minimum absolute atomic E-state index is 0.160. The van der Waals surface area contributed by atoms with Gasteiger partial charge in [0.15, 0.2) is 0 Å². The maximum atomic E-state index is 13.9. The molecule has 164 valence electrons. The number of anilines is 2. The fraction of sp³-hybridized carbons (Fsp3) is 0.375. The number of carbonyl (C=O) groups excluding carboxylic acids is 3. The van der Waals surface area contributed by atoms with Crippen LogP contribution < -0.4 is 10.2 Å². The minimum Gasteiger partial charge on any atom is -0.324 e. The summed E-state index contributed by atoms with van der Waals surface area (Å²) in [7, 11) is 0. The van der Waals surface area contributed by atoms with Crippen LogP contribution in [0.4, 0.5) is 15.8 Å². The highest BCUT2D eigenvalue weighted by atomic mass is 35.5. The molecule has 2 aromatic rings. The van der Waals surface area contributed by atoms with E-state index in [1.54, 1.807) is 0 Å². The Kier molecular flexibility index (Phi) is 3.97. The largest absolute Gasteiger partial charge is 0.324 e. The van der Waals surface area contributed by atoms with Crippen molar-refractivity contribution in [2.24, 2.45) is 11.8 Å². The Bertz CT molecular complexity index is 1250. The summed E-state index contributed by atoms with van der Waals surface area (Å²) in [5.41, 5.74) is 2.54. The Balaban J connectivity index is 1.56. The number of nitrogens with one attached hydrogen (secondary N) is 1. The van der Waals surface area contributed by atoms with Gasteiger partial charge < -0.3 is 5.32 Å². The van der Waals surface area contributed by atoms with Gasteiger partial charge in [-0.05, 0) is 62.6 Å². The molecule has 0 saturated carbocycles. The van der Waals surface area contributed by atoms with Crippen molar-refractivity contribution in [3.63, 3.8) is 0 Å². The number of halogens is 2. The maximum absolute atomic E-state index is 13.9. The number of nitrogens with zero attached hydrogens (tertiary/aromatic N) is 2. The average molecular weight is 454 g/mol. The molecule has 6 rings (SSSR count). The van der Waals surface area contributed by atoms with Crippen molar-refractivity contribution >= 4 is 40.7 Å². The van der Waals surface area contributed by atoms with Crippen molar-refractivity contribution in [2.75, 3.05) is 16.8 Å². The van der Waals surface area contributed by atoms with E-state index >= 15 is 0 Å². The van der Waals surface area contributed by atoms with Crippen molar-refractivity contribution in [3.8, 4) is 0 Å². The molecule has 0 bridgehead atoms. The first-order valence-corrected chi connectivity index (χ1v) is 11.2. The standard InChI is InChI=1S/C24H21ClFN3O3/c1-11-5-7-14-20(12(11)2)27-23(32)24(14)19-18(17-4-3-9-28(17)24)21(30)29(22(19)31)13-6-8-16(26)15(25)10-13/h5-8,10,17-19H,3-4,9H2,1-2H3,(H,27,32)/t17-,18-,19+,24+/m1/s1. The first kappa shape index (κ1) is 19.9. The van der Waals surface area contributed by atoms with Gasteiger partial charge in [-0.3, -0.25) is 19.3 Å². The summed E-state index contributed by atoms with van der Waals surface area (Å²) in [6, 6.07) is 7.51. The van der Waals surface area contributed by atoms with E-state index in [2.05, 4.69) is 10.2 Å². The number of benzene rings is 2. The monoisotopic (exact) mass is 453 g/mol. The zero-order chi connectivity index (χ0) is 22.5. The Morgan fingerprint density at radius 3 is 2.66 bits per heavy atom. The third kappa shape index (κ3) is 2.16. The van der Waals surface area contributed by atoms with Crippen LogP contribution in [0.25, 0.3) is 0 Å². The molecule has 4 aliphatic heterocycles. The van der Waals surface area contributed by atoms with E-state index in [1.807, 2.05) is 26.0 Å². The number of carbonyl (C=O) groups is 3. The van der Waals surface area contributed by atoms with Crippen LogP contribution in [0.3, 0.4) is 0 Å². The molecule has 0 radical (unpaired) electrons. The summed E-state index contributed by atoms with van der Waals surface area (Å²) in [6.45, 7) is 4.59. The van der Waals surface area contributed by atoms with Gasteiger partial charge in [0.2, 0.25) is 17.7 Å². The van der Waals surface area contributed by atoms with E-state index in [9.17, 15) is 18.8 Å². The maximum Gasteiger partial charge on any atom is 0.250 e.